The van der Waals surface area contributed by atoms with E-state index in [4.69, 9.17) is 28.4 Å². The molecule has 1 aliphatic rings. The Balaban J connectivity index is 1.36. The average Bonchev–Trinajstić information content (AvgIpc) is 3.03. The number of hydrogen-bond donors (Lipinski definition) is 3. The molecule has 2 aromatic carbocycles. The number of aromatic carboxylic acids is 1. The number of ether oxygens (including phenoxy) is 6. The number of rotatable bonds is 16. The van der Waals surface area contributed by atoms with Crippen molar-refractivity contribution in [2.75, 3.05) is 26.3 Å². The van der Waals surface area contributed by atoms with Crippen molar-refractivity contribution in [2.24, 2.45) is 0 Å². The first kappa shape index (κ1) is 37.4. The van der Waals surface area contributed by atoms with E-state index in [-0.39, 0.29) is 56.5 Å². The maximum Gasteiger partial charge on any atom is 0.335 e. The van der Waals surface area contributed by atoms with Crippen LogP contribution in [-0.4, -0.2) is 97.8 Å². The maximum atomic E-state index is 12.3. The largest absolute Gasteiger partial charge is 0.484 e. The third-order valence-electron chi connectivity index (χ3n) is 6.90. The number of carboxylic acids is 1. The van der Waals surface area contributed by atoms with E-state index in [1.165, 1.54) is 13.0 Å². The molecule has 15 nitrogen and oxygen atoms in total. The molecule has 3 unspecified atom stereocenters. The first-order valence-corrected chi connectivity index (χ1v) is 15.2. The average molecular weight is 673 g/mol. The molecule has 48 heavy (non-hydrogen) atoms. The smallest absolute Gasteiger partial charge is 0.335 e. The molecule has 0 saturated carbocycles. The maximum absolute atomic E-state index is 12.3. The van der Waals surface area contributed by atoms with Gasteiger partial charge in [0.05, 0.1) is 18.3 Å². The Bertz CT molecular complexity index is 1450. The second-order valence-electron chi connectivity index (χ2n) is 10.8. The molecule has 0 aliphatic carbocycles. The molecule has 3 N–H and O–H groups in total. The zero-order chi connectivity index (χ0) is 35.2. The second kappa shape index (κ2) is 18.4. The van der Waals surface area contributed by atoms with Crippen molar-refractivity contribution >= 4 is 35.7 Å². The molecule has 0 radical (unpaired) electrons. The zero-order valence-electron chi connectivity index (χ0n) is 27.1. The number of carbonyl (C=O) groups is 6. The van der Waals surface area contributed by atoms with Crippen molar-refractivity contribution in [1.82, 2.24) is 10.6 Å². The Morgan fingerprint density at radius 3 is 2.00 bits per heavy atom. The lowest BCUT2D eigenvalue weighted by molar-refractivity contribution is -0.300. The molecule has 260 valence electrons. The Morgan fingerprint density at radius 1 is 0.771 bits per heavy atom. The van der Waals surface area contributed by atoms with Gasteiger partial charge in [0.2, 0.25) is 5.91 Å². The summed E-state index contributed by atoms with van der Waals surface area (Å²) in [5, 5.41) is 14.5. The third-order valence-corrected chi connectivity index (χ3v) is 6.90. The summed E-state index contributed by atoms with van der Waals surface area (Å²) >= 11 is 0. The minimum atomic E-state index is -1.23. The molecule has 3 rings (SSSR count). The molecule has 2 aromatic rings. The quantitative estimate of drug-likeness (QED) is 0.133. The SMILES string of the molecule is CC(=O)OC1C(OC(C)=O)[C@H](C)OC(OCCCC(=O)NCCNC(=O)COc2ccc(-c3cccc(C(=O)O)c3)cc2)[C@H]1OC(C)=O. The van der Waals surface area contributed by atoms with Crippen LogP contribution in [0.25, 0.3) is 11.1 Å². The molecular weight excluding hydrogens is 632 g/mol. The highest BCUT2D eigenvalue weighted by Crippen LogP contribution is 2.29. The van der Waals surface area contributed by atoms with Gasteiger partial charge in [0, 0.05) is 40.3 Å². The zero-order valence-corrected chi connectivity index (χ0v) is 27.1. The lowest BCUT2D eigenvalue weighted by Gasteiger charge is -2.43. The van der Waals surface area contributed by atoms with Gasteiger partial charge in [-0.3, -0.25) is 24.0 Å². The summed E-state index contributed by atoms with van der Waals surface area (Å²) in [5.41, 5.74) is 1.71. The standard InChI is InChI=1S/C33H40N2O13/c1-19-29(46-20(2)36)30(47-21(3)37)31(48-22(4)38)33(45-19)43-16-6-9-27(39)34-14-15-35-28(40)18-44-26-12-10-23(11-13-26)24-7-5-8-25(17-24)32(41)42/h5,7-8,10-13,17,19,29-31,33H,6,9,14-16,18H2,1-4H3,(H,34,39)(H,35,40)(H,41,42)/t19-,29?,30?,31-,33?/m0/s1. The molecule has 0 bridgehead atoms. The molecule has 1 aliphatic heterocycles. The number of nitrogens with one attached hydrogen (secondary N) is 2. The first-order chi connectivity index (χ1) is 22.8. The lowest BCUT2D eigenvalue weighted by Crippen LogP contribution is -2.61. The number of hydrogen-bond acceptors (Lipinski definition) is 12. The van der Waals surface area contributed by atoms with Crippen molar-refractivity contribution in [3.63, 3.8) is 0 Å². The van der Waals surface area contributed by atoms with Gasteiger partial charge in [-0.1, -0.05) is 24.3 Å². The molecule has 2 amide bonds. The Morgan fingerprint density at radius 2 is 1.38 bits per heavy atom. The van der Waals surface area contributed by atoms with E-state index in [9.17, 15) is 33.9 Å². The summed E-state index contributed by atoms with van der Waals surface area (Å²) in [5.74, 6) is -3.25. The fourth-order valence-electron chi connectivity index (χ4n) is 4.80. The Kier molecular flexibility index (Phi) is 14.3. The van der Waals surface area contributed by atoms with Gasteiger partial charge in [0.1, 0.15) is 5.75 Å². The van der Waals surface area contributed by atoms with Crippen LogP contribution in [0.1, 0.15) is 50.9 Å². The topological polar surface area (TPSA) is 202 Å². The summed E-state index contributed by atoms with van der Waals surface area (Å²) in [4.78, 5) is 70.8. The van der Waals surface area contributed by atoms with E-state index in [1.54, 1.807) is 49.4 Å². The van der Waals surface area contributed by atoms with E-state index < -0.39 is 54.6 Å². The van der Waals surface area contributed by atoms with Crippen LogP contribution >= 0.6 is 0 Å². The van der Waals surface area contributed by atoms with Crippen LogP contribution in [0.3, 0.4) is 0 Å². The van der Waals surface area contributed by atoms with Crippen molar-refractivity contribution in [3.05, 3.63) is 54.1 Å². The van der Waals surface area contributed by atoms with Gasteiger partial charge in [0.25, 0.3) is 5.91 Å². The summed E-state index contributed by atoms with van der Waals surface area (Å²) in [7, 11) is 0. The molecule has 1 saturated heterocycles. The minimum absolute atomic E-state index is 0.0252. The Labute approximate surface area is 277 Å². The number of benzene rings is 2. The highest BCUT2D eigenvalue weighted by Gasteiger charge is 2.50. The molecule has 0 spiro atoms. The number of amides is 2. The first-order valence-electron chi connectivity index (χ1n) is 15.2. The van der Waals surface area contributed by atoms with Gasteiger partial charge in [-0.2, -0.15) is 0 Å². The fraction of sp³-hybridized carbons (Fsp3) is 0.455. The van der Waals surface area contributed by atoms with E-state index in [2.05, 4.69) is 10.6 Å². The number of esters is 3. The van der Waals surface area contributed by atoms with Crippen LogP contribution < -0.4 is 15.4 Å². The Hall–Kier alpha value is -5.02. The molecule has 5 atom stereocenters. The van der Waals surface area contributed by atoms with Crippen LogP contribution in [0.5, 0.6) is 5.75 Å². The van der Waals surface area contributed by atoms with Crippen LogP contribution in [0.15, 0.2) is 48.5 Å². The van der Waals surface area contributed by atoms with Gasteiger partial charge in [-0.15, -0.1) is 0 Å². The van der Waals surface area contributed by atoms with E-state index in [1.807, 2.05) is 0 Å². The van der Waals surface area contributed by atoms with E-state index in [0.717, 1.165) is 25.0 Å². The van der Waals surface area contributed by atoms with Crippen LogP contribution in [0, 0.1) is 0 Å². The van der Waals surface area contributed by atoms with Crippen LogP contribution in [0.2, 0.25) is 0 Å². The molecule has 1 heterocycles. The van der Waals surface area contributed by atoms with Gasteiger partial charge >= 0.3 is 23.9 Å². The summed E-state index contributed by atoms with van der Waals surface area (Å²) in [6.07, 6.45) is -5.03. The van der Waals surface area contributed by atoms with Gasteiger partial charge < -0.3 is 44.2 Å². The summed E-state index contributed by atoms with van der Waals surface area (Å²) < 4.78 is 32.9. The highest BCUT2D eigenvalue weighted by molar-refractivity contribution is 5.89. The second-order valence-corrected chi connectivity index (χ2v) is 10.8. The molecule has 15 heteroatoms. The van der Waals surface area contributed by atoms with Gasteiger partial charge in [-0.05, 0) is 48.7 Å². The van der Waals surface area contributed by atoms with Crippen LogP contribution in [0.4, 0.5) is 0 Å². The minimum Gasteiger partial charge on any atom is -0.484 e. The predicted octanol–water partition coefficient (Wildman–Crippen LogP) is 2.00. The van der Waals surface area contributed by atoms with Gasteiger partial charge in [-0.25, -0.2) is 4.79 Å². The molecular formula is C33H40N2O13. The lowest BCUT2D eigenvalue weighted by atomic mass is 9.99. The van der Waals surface area contributed by atoms with Crippen molar-refractivity contribution in [3.8, 4) is 16.9 Å². The molecule has 0 aromatic heterocycles. The van der Waals surface area contributed by atoms with E-state index in [0.29, 0.717) is 5.75 Å². The van der Waals surface area contributed by atoms with Crippen LogP contribution in [-0.2, 0) is 47.7 Å². The monoisotopic (exact) mass is 672 g/mol. The summed E-state index contributed by atoms with van der Waals surface area (Å²) in [6, 6.07) is 13.4. The fourth-order valence-corrected chi connectivity index (χ4v) is 4.80. The number of carboxylic acid groups (broad SMARTS) is 1. The highest BCUT2D eigenvalue weighted by atomic mass is 16.7. The van der Waals surface area contributed by atoms with Gasteiger partial charge in [0.15, 0.2) is 31.2 Å². The molecule has 1 fully saturated rings. The van der Waals surface area contributed by atoms with E-state index >= 15 is 0 Å². The normalized spacial score (nSPS) is 20.1. The van der Waals surface area contributed by atoms with Crippen molar-refractivity contribution in [2.45, 2.75) is 71.2 Å². The summed E-state index contributed by atoms with van der Waals surface area (Å²) in [6.45, 7) is 5.23. The van der Waals surface area contributed by atoms with Crippen molar-refractivity contribution in [1.29, 1.82) is 0 Å². The van der Waals surface area contributed by atoms with Crippen molar-refractivity contribution < 1.29 is 62.3 Å². The predicted molar refractivity (Wildman–Crippen MR) is 167 cm³/mol. The third kappa shape index (κ3) is 12.0. The number of carbonyl (C=O) groups excluding carboxylic acids is 5.